The standard InChI is InChI=1S/C16H29N5S.HI/c1-14-5-12-22-15(14)13-19-16(17-2)18-6-9-21-8-4-7-20(3)10-11-21;/h5,12H,4,6-11,13H2,1-3H3,(H2,17,18,19);1H. The average Bonchev–Trinajstić information content (AvgIpc) is 2.80. The molecule has 1 saturated heterocycles. The Hall–Kier alpha value is -0.380. The lowest BCUT2D eigenvalue weighted by molar-refractivity contribution is 0.280. The highest BCUT2D eigenvalue weighted by Gasteiger charge is 2.11. The smallest absolute Gasteiger partial charge is 0.191 e. The quantitative estimate of drug-likeness (QED) is 0.408. The molecule has 0 aromatic carbocycles. The molecule has 0 spiro atoms. The molecular formula is C16H30IN5S. The summed E-state index contributed by atoms with van der Waals surface area (Å²) in [5, 5.41) is 8.95. The molecule has 0 unspecified atom stereocenters. The molecule has 2 rings (SSSR count). The fourth-order valence-electron chi connectivity index (χ4n) is 2.63. The van der Waals surface area contributed by atoms with E-state index in [1.807, 2.05) is 7.05 Å². The zero-order valence-corrected chi connectivity index (χ0v) is 17.6. The Balaban J connectivity index is 0.00000264. The van der Waals surface area contributed by atoms with Crippen LogP contribution in [0.25, 0.3) is 0 Å². The molecule has 0 radical (unpaired) electrons. The number of aryl methyl sites for hydroxylation is 1. The van der Waals surface area contributed by atoms with E-state index in [4.69, 9.17) is 0 Å². The van der Waals surface area contributed by atoms with Gasteiger partial charge in [0, 0.05) is 38.1 Å². The molecule has 132 valence electrons. The van der Waals surface area contributed by atoms with E-state index in [2.05, 4.69) is 50.8 Å². The minimum Gasteiger partial charge on any atom is -0.355 e. The average molecular weight is 451 g/mol. The van der Waals surface area contributed by atoms with Crippen molar-refractivity contribution in [3.05, 3.63) is 21.9 Å². The first-order valence-corrected chi connectivity index (χ1v) is 8.95. The molecule has 1 aromatic rings. The van der Waals surface area contributed by atoms with Crippen LogP contribution in [0.2, 0.25) is 0 Å². The Morgan fingerprint density at radius 3 is 2.78 bits per heavy atom. The normalized spacial score (nSPS) is 17.4. The monoisotopic (exact) mass is 451 g/mol. The summed E-state index contributed by atoms with van der Waals surface area (Å²) in [6.07, 6.45) is 1.27. The zero-order valence-electron chi connectivity index (χ0n) is 14.5. The van der Waals surface area contributed by atoms with E-state index in [9.17, 15) is 0 Å². The number of likely N-dealkylation sites (N-methyl/N-ethyl adjacent to an activating group) is 1. The van der Waals surface area contributed by atoms with Gasteiger partial charge in [-0.25, -0.2) is 0 Å². The van der Waals surface area contributed by atoms with Crippen LogP contribution in [0, 0.1) is 6.92 Å². The Morgan fingerprint density at radius 1 is 1.26 bits per heavy atom. The SMILES string of the molecule is CN=C(NCCN1CCCN(C)CC1)NCc1sccc1C.I. The molecule has 2 N–H and O–H groups in total. The number of thiophene rings is 1. The molecule has 1 fully saturated rings. The third kappa shape index (κ3) is 7.36. The fraction of sp³-hybridized carbons (Fsp3) is 0.688. The van der Waals surface area contributed by atoms with Crippen LogP contribution in [0.1, 0.15) is 16.9 Å². The van der Waals surface area contributed by atoms with Gasteiger partial charge in [-0.3, -0.25) is 4.99 Å². The summed E-state index contributed by atoms with van der Waals surface area (Å²) in [6.45, 7) is 9.76. The van der Waals surface area contributed by atoms with Gasteiger partial charge in [-0.1, -0.05) is 0 Å². The number of aliphatic imine (C=N–C) groups is 1. The Bertz CT molecular complexity index is 477. The van der Waals surface area contributed by atoms with E-state index in [-0.39, 0.29) is 24.0 Å². The van der Waals surface area contributed by atoms with Crippen molar-refractivity contribution in [2.24, 2.45) is 4.99 Å². The Labute approximate surface area is 161 Å². The van der Waals surface area contributed by atoms with Gasteiger partial charge < -0.3 is 20.4 Å². The first-order valence-electron chi connectivity index (χ1n) is 8.07. The third-order valence-corrected chi connectivity index (χ3v) is 5.16. The molecule has 7 heteroatoms. The summed E-state index contributed by atoms with van der Waals surface area (Å²) < 4.78 is 0. The van der Waals surface area contributed by atoms with Crippen molar-refractivity contribution in [3.63, 3.8) is 0 Å². The molecule has 1 aromatic heterocycles. The molecule has 23 heavy (non-hydrogen) atoms. The summed E-state index contributed by atoms with van der Waals surface area (Å²) in [4.78, 5) is 10.6. The number of guanidine groups is 1. The fourth-order valence-corrected chi connectivity index (χ4v) is 3.47. The number of hydrogen-bond donors (Lipinski definition) is 2. The third-order valence-electron chi connectivity index (χ3n) is 4.14. The van der Waals surface area contributed by atoms with Crippen LogP contribution in [0.4, 0.5) is 0 Å². The second-order valence-electron chi connectivity index (χ2n) is 5.88. The van der Waals surface area contributed by atoms with Gasteiger partial charge >= 0.3 is 0 Å². The molecular weight excluding hydrogens is 421 g/mol. The van der Waals surface area contributed by atoms with E-state index in [1.54, 1.807) is 11.3 Å². The summed E-state index contributed by atoms with van der Waals surface area (Å²) in [6, 6.07) is 2.16. The Kier molecular flexibility index (Phi) is 10.1. The number of nitrogens with one attached hydrogen (secondary N) is 2. The first kappa shape index (κ1) is 20.7. The van der Waals surface area contributed by atoms with Crippen molar-refractivity contribution in [3.8, 4) is 0 Å². The van der Waals surface area contributed by atoms with Gasteiger partial charge in [-0.05, 0) is 50.5 Å². The number of halogens is 1. The van der Waals surface area contributed by atoms with Gasteiger partial charge in [0.15, 0.2) is 5.96 Å². The molecule has 5 nitrogen and oxygen atoms in total. The number of rotatable bonds is 5. The molecule has 0 saturated carbocycles. The number of nitrogens with zero attached hydrogens (tertiary/aromatic N) is 3. The Morgan fingerprint density at radius 2 is 2.09 bits per heavy atom. The maximum atomic E-state index is 4.30. The van der Waals surface area contributed by atoms with Crippen LogP contribution in [-0.2, 0) is 6.54 Å². The highest BCUT2D eigenvalue weighted by Crippen LogP contribution is 2.14. The minimum atomic E-state index is 0. The predicted octanol–water partition coefficient (Wildman–Crippen LogP) is 1.98. The predicted molar refractivity (Wildman–Crippen MR) is 111 cm³/mol. The topological polar surface area (TPSA) is 42.9 Å². The first-order chi connectivity index (χ1) is 10.7. The maximum absolute atomic E-state index is 4.30. The van der Waals surface area contributed by atoms with Gasteiger partial charge in [-0.15, -0.1) is 35.3 Å². The summed E-state index contributed by atoms with van der Waals surface area (Å²) in [5.74, 6) is 0.889. The highest BCUT2D eigenvalue weighted by molar-refractivity contribution is 14.0. The van der Waals surface area contributed by atoms with Gasteiger partial charge in [0.1, 0.15) is 0 Å². The zero-order chi connectivity index (χ0) is 15.8. The summed E-state index contributed by atoms with van der Waals surface area (Å²) >= 11 is 1.79. The molecule has 0 amide bonds. The van der Waals surface area contributed by atoms with Gasteiger partial charge in [0.25, 0.3) is 0 Å². The van der Waals surface area contributed by atoms with Crippen LogP contribution < -0.4 is 10.6 Å². The van der Waals surface area contributed by atoms with Crippen molar-refractivity contribution < 1.29 is 0 Å². The van der Waals surface area contributed by atoms with Crippen LogP contribution in [0.15, 0.2) is 16.4 Å². The molecule has 1 aliphatic heterocycles. The van der Waals surface area contributed by atoms with Crippen LogP contribution in [-0.4, -0.2) is 69.1 Å². The lowest BCUT2D eigenvalue weighted by atomic mass is 10.3. The van der Waals surface area contributed by atoms with Crippen LogP contribution in [0.5, 0.6) is 0 Å². The minimum absolute atomic E-state index is 0. The van der Waals surface area contributed by atoms with Crippen LogP contribution >= 0.6 is 35.3 Å². The largest absolute Gasteiger partial charge is 0.355 e. The van der Waals surface area contributed by atoms with Gasteiger partial charge in [0.05, 0.1) is 6.54 Å². The lowest BCUT2D eigenvalue weighted by Crippen LogP contribution is -2.42. The van der Waals surface area contributed by atoms with Crippen LogP contribution in [0.3, 0.4) is 0 Å². The summed E-state index contributed by atoms with van der Waals surface area (Å²) in [5.41, 5.74) is 1.35. The molecule has 2 heterocycles. The van der Waals surface area contributed by atoms with E-state index in [0.29, 0.717) is 0 Å². The summed E-state index contributed by atoms with van der Waals surface area (Å²) in [7, 11) is 4.04. The number of hydrogen-bond acceptors (Lipinski definition) is 4. The van der Waals surface area contributed by atoms with Gasteiger partial charge in [-0.2, -0.15) is 0 Å². The second kappa shape index (κ2) is 11.2. The van der Waals surface area contributed by atoms with E-state index in [0.717, 1.165) is 25.6 Å². The van der Waals surface area contributed by atoms with Gasteiger partial charge in [0.2, 0.25) is 0 Å². The molecule has 0 atom stereocenters. The second-order valence-corrected chi connectivity index (χ2v) is 6.88. The van der Waals surface area contributed by atoms with Crippen molar-refractivity contribution in [2.75, 3.05) is 53.4 Å². The van der Waals surface area contributed by atoms with E-state index in [1.165, 1.54) is 43.0 Å². The van der Waals surface area contributed by atoms with Crippen molar-refractivity contribution in [1.29, 1.82) is 0 Å². The highest BCUT2D eigenvalue weighted by atomic mass is 127. The van der Waals surface area contributed by atoms with Crippen molar-refractivity contribution in [1.82, 2.24) is 20.4 Å². The molecule has 0 bridgehead atoms. The molecule has 0 aliphatic carbocycles. The van der Waals surface area contributed by atoms with E-state index < -0.39 is 0 Å². The van der Waals surface area contributed by atoms with Crippen molar-refractivity contribution in [2.45, 2.75) is 19.9 Å². The molecule has 1 aliphatic rings. The van der Waals surface area contributed by atoms with Crippen molar-refractivity contribution >= 4 is 41.3 Å². The maximum Gasteiger partial charge on any atom is 0.191 e. The lowest BCUT2D eigenvalue weighted by Gasteiger charge is -2.21. The van der Waals surface area contributed by atoms with E-state index >= 15 is 0 Å².